The summed E-state index contributed by atoms with van der Waals surface area (Å²) in [4.78, 5) is 25.7. The van der Waals surface area contributed by atoms with Crippen LogP contribution in [0.5, 0.6) is 5.75 Å². The molecular formula is C14H15N3O4. The van der Waals surface area contributed by atoms with E-state index in [0.29, 0.717) is 12.4 Å². The van der Waals surface area contributed by atoms with Crippen LogP contribution in [0.2, 0.25) is 0 Å². The molecule has 1 aromatic carbocycles. The summed E-state index contributed by atoms with van der Waals surface area (Å²) in [6, 6.07) is 4.04. The van der Waals surface area contributed by atoms with Crippen LogP contribution in [0.15, 0.2) is 36.9 Å². The predicted molar refractivity (Wildman–Crippen MR) is 75.4 cm³/mol. The zero-order valence-electron chi connectivity index (χ0n) is 11.6. The Morgan fingerprint density at radius 3 is 2.90 bits per heavy atom. The number of carbonyl (C=O) groups is 1. The first-order valence-corrected chi connectivity index (χ1v) is 6.46. The maximum Gasteiger partial charge on any atom is 0.270 e. The van der Waals surface area contributed by atoms with E-state index >= 15 is 0 Å². The van der Waals surface area contributed by atoms with Gasteiger partial charge in [-0.1, -0.05) is 0 Å². The number of aromatic nitrogens is 2. The summed E-state index contributed by atoms with van der Waals surface area (Å²) in [6.45, 7) is 2.52. The van der Waals surface area contributed by atoms with Gasteiger partial charge in [0.1, 0.15) is 5.75 Å². The zero-order valence-corrected chi connectivity index (χ0v) is 11.6. The monoisotopic (exact) mass is 289 g/mol. The summed E-state index contributed by atoms with van der Waals surface area (Å²) in [7, 11) is 0. The molecule has 0 fully saturated rings. The number of nitrogens with zero attached hydrogens (tertiary/aromatic N) is 3. The van der Waals surface area contributed by atoms with Crippen LogP contribution in [0.4, 0.5) is 5.69 Å². The molecule has 0 amide bonds. The smallest absolute Gasteiger partial charge is 0.270 e. The molecule has 2 aromatic rings. The Kier molecular flexibility index (Phi) is 4.65. The first kappa shape index (κ1) is 14.7. The van der Waals surface area contributed by atoms with Gasteiger partial charge in [0.15, 0.2) is 5.78 Å². The van der Waals surface area contributed by atoms with Gasteiger partial charge in [0.25, 0.3) is 5.69 Å². The lowest BCUT2D eigenvalue weighted by Gasteiger charge is -2.10. The molecule has 0 radical (unpaired) electrons. The standard InChI is InChI=1S/C14H15N3O4/c1-11(18)13-9-12(17(19)20)3-4-14(13)21-8-2-6-16-7-5-15-10-16/h3-5,7,9-10H,2,6,8H2,1H3. The van der Waals surface area contributed by atoms with E-state index in [4.69, 9.17) is 4.74 Å². The molecule has 0 saturated carbocycles. The Bertz CT molecular complexity index is 638. The van der Waals surface area contributed by atoms with Crippen molar-refractivity contribution in [3.8, 4) is 5.75 Å². The molecule has 0 bridgehead atoms. The number of non-ortho nitro benzene ring substituents is 1. The van der Waals surface area contributed by atoms with E-state index in [-0.39, 0.29) is 17.0 Å². The number of imidazole rings is 1. The largest absolute Gasteiger partial charge is 0.493 e. The van der Waals surface area contributed by atoms with Crippen molar-refractivity contribution in [3.05, 3.63) is 52.6 Å². The van der Waals surface area contributed by atoms with Crippen LogP contribution in [-0.4, -0.2) is 26.9 Å². The molecule has 0 atom stereocenters. The van der Waals surface area contributed by atoms with E-state index in [1.807, 2.05) is 10.8 Å². The highest BCUT2D eigenvalue weighted by atomic mass is 16.6. The number of aryl methyl sites for hydroxylation is 1. The van der Waals surface area contributed by atoms with Gasteiger partial charge in [-0.05, 0) is 19.4 Å². The number of rotatable bonds is 7. The number of Topliss-reactive ketones (excluding diaryl/α,β-unsaturated/α-hetero) is 1. The molecule has 0 aliphatic heterocycles. The first-order valence-electron chi connectivity index (χ1n) is 6.46. The lowest BCUT2D eigenvalue weighted by Crippen LogP contribution is -2.06. The number of hydrogen-bond donors (Lipinski definition) is 0. The Hall–Kier alpha value is -2.70. The molecule has 2 rings (SSSR count). The van der Waals surface area contributed by atoms with Gasteiger partial charge >= 0.3 is 0 Å². The molecule has 1 aromatic heterocycles. The lowest BCUT2D eigenvalue weighted by molar-refractivity contribution is -0.384. The van der Waals surface area contributed by atoms with E-state index in [0.717, 1.165) is 13.0 Å². The van der Waals surface area contributed by atoms with Gasteiger partial charge in [-0.3, -0.25) is 14.9 Å². The highest BCUT2D eigenvalue weighted by Gasteiger charge is 2.14. The van der Waals surface area contributed by atoms with Crippen LogP contribution >= 0.6 is 0 Å². The minimum atomic E-state index is -0.532. The highest BCUT2D eigenvalue weighted by molar-refractivity contribution is 5.97. The minimum Gasteiger partial charge on any atom is -0.493 e. The van der Waals surface area contributed by atoms with E-state index in [9.17, 15) is 14.9 Å². The van der Waals surface area contributed by atoms with Crippen LogP contribution in [0, 0.1) is 10.1 Å². The third-order valence-electron chi connectivity index (χ3n) is 2.93. The molecule has 7 heteroatoms. The maximum absolute atomic E-state index is 11.5. The maximum atomic E-state index is 11.5. The van der Waals surface area contributed by atoms with Crippen molar-refractivity contribution in [1.82, 2.24) is 9.55 Å². The van der Waals surface area contributed by atoms with Crippen LogP contribution in [0.3, 0.4) is 0 Å². The second kappa shape index (κ2) is 6.65. The van der Waals surface area contributed by atoms with Crippen molar-refractivity contribution in [3.63, 3.8) is 0 Å². The van der Waals surface area contributed by atoms with Gasteiger partial charge in [0, 0.05) is 31.1 Å². The van der Waals surface area contributed by atoms with Crippen molar-refractivity contribution in [2.24, 2.45) is 0 Å². The van der Waals surface area contributed by atoms with Gasteiger partial charge in [-0.15, -0.1) is 0 Å². The summed E-state index contributed by atoms with van der Waals surface area (Å²) < 4.78 is 7.48. The van der Waals surface area contributed by atoms with Crippen molar-refractivity contribution >= 4 is 11.5 Å². The normalized spacial score (nSPS) is 10.3. The van der Waals surface area contributed by atoms with Crippen molar-refractivity contribution < 1.29 is 14.5 Å². The molecule has 110 valence electrons. The molecule has 0 aliphatic carbocycles. The van der Waals surface area contributed by atoms with Gasteiger partial charge in [-0.2, -0.15) is 0 Å². The number of benzene rings is 1. The van der Waals surface area contributed by atoms with Crippen LogP contribution in [0.25, 0.3) is 0 Å². The SMILES string of the molecule is CC(=O)c1cc([N+](=O)[O-])ccc1OCCCn1ccnc1. The van der Waals surface area contributed by atoms with E-state index in [2.05, 4.69) is 4.98 Å². The second-order valence-corrected chi connectivity index (χ2v) is 4.50. The van der Waals surface area contributed by atoms with Crippen molar-refractivity contribution in [1.29, 1.82) is 0 Å². The fourth-order valence-corrected chi connectivity index (χ4v) is 1.88. The Morgan fingerprint density at radius 1 is 1.48 bits per heavy atom. The number of nitro groups is 1. The topological polar surface area (TPSA) is 87.3 Å². The Labute approximate surface area is 121 Å². The summed E-state index contributed by atoms with van der Waals surface area (Å²) in [5.41, 5.74) is 0.109. The van der Waals surface area contributed by atoms with Gasteiger partial charge in [0.05, 0.1) is 23.4 Å². The lowest BCUT2D eigenvalue weighted by atomic mass is 10.1. The quantitative estimate of drug-likeness (QED) is 0.338. The van der Waals surface area contributed by atoms with Gasteiger partial charge in [-0.25, -0.2) is 4.98 Å². The van der Waals surface area contributed by atoms with Crippen molar-refractivity contribution in [2.75, 3.05) is 6.61 Å². The van der Waals surface area contributed by atoms with Crippen molar-refractivity contribution in [2.45, 2.75) is 19.9 Å². The number of nitro benzene ring substituents is 1. The van der Waals surface area contributed by atoms with Crippen LogP contribution in [0.1, 0.15) is 23.7 Å². The fourth-order valence-electron chi connectivity index (χ4n) is 1.88. The minimum absolute atomic E-state index is 0.119. The molecule has 7 nitrogen and oxygen atoms in total. The first-order chi connectivity index (χ1) is 10.1. The second-order valence-electron chi connectivity index (χ2n) is 4.50. The van der Waals surface area contributed by atoms with Crippen LogP contribution in [-0.2, 0) is 6.54 Å². The van der Waals surface area contributed by atoms with Crippen LogP contribution < -0.4 is 4.74 Å². The van der Waals surface area contributed by atoms with Gasteiger partial charge in [0.2, 0.25) is 0 Å². The fraction of sp³-hybridized carbons (Fsp3) is 0.286. The summed E-state index contributed by atoms with van der Waals surface area (Å²) >= 11 is 0. The Balaban J connectivity index is 1.98. The molecule has 1 heterocycles. The number of hydrogen-bond acceptors (Lipinski definition) is 5. The zero-order chi connectivity index (χ0) is 15.2. The summed E-state index contributed by atoms with van der Waals surface area (Å²) in [5.74, 6) is 0.113. The molecule has 0 N–H and O–H groups in total. The summed E-state index contributed by atoms with van der Waals surface area (Å²) in [5, 5.41) is 10.7. The summed E-state index contributed by atoms with van der Waals surface area (Å²) in [6.07, 6.45) is 6.01. The van der Waals surface area contributed by atoms with E-state index < -0.39 is 4.92 Å². The predicted octanol–water partition coefficient (Wildman–Crippen LogP) is 2.46. The number of ether oxygens (including phenoxy) is 1. The van der Waals surface area contributed by atoms with Gasteiger partial charge < -0.3 is 9.30 Å². The molecule has 0 spiro atoms. The van der Waals surface area contributed by atoms with E-state index in [1.54, 1.807) is 12.5 Å². The molecule has 0 aliphatic rings. The third-order valence-corrected chi connectivity index (χ3v) is 2.93. The number of ketones is 1. The molecular weight excluding hydrogens is 274 g/mol. The average molecular weight is 289 g/mol. The average Bonchev–Trinajstić information content (AvgIpc) is 2.96. The highest BCUT2D eigenvalue weighted by Crippen LogP contribution is 2.24. The molecule has 0 unspecified atom stereocenters. The molecule has 0 saturated heterocycles. The van der Waals surface area contributed by atoms with E-state index in [1.165, 1.54) is 25.1 Å². The third kappa shape index (κ3) is 3.88. The molecule has 21 heavy (non-hydrogen) atoms. The number of carbonyl (C=O) groups excluding carboxylic acids is 1. The Morgan fingerprint density at radius 2 is 2.29 bits per heavy atom.